The van der Waals surface area contributed by atoms with Gasteiger partial charge in [-0.05, 0) is 12.1 Å². The lowest BCUT2D eigenvalue weighted by atomic mass is 10.2. The number of aromatic amines is 1. The zero-order valence-electron chi connectivity index (χ0n) is 10.1. The van der Waals surface area contributed by atoms with Gasteiger partial charge in [-0.2, -0.15) is 0 Å². The summed E-state index contributed by atoms with van der Waals surface area (Å²) >= 11 is 4.40. The lowest BCUT2D eigenvalue weighted by Gasteiger charge is -2.33. The second kappa shape index (κ2) is 4.51. The summed E-state index contributed by atoms with van der Waals surface area (Å²) in [5.41, 5.74) is 0.703. The van der Waals surface area contributed by atoms with E-state index in [9.17, 15) is 4.79 Å². The number of methoxy groups -OCH3 is 1. The van der Waals surface area contributed by atoms with Crippen LogP contribution in [0, 0.1) is 0 Å². The fourth-order valence-electron chi connectivity index (χ4n) is 2.08. The number of hydrogen-bond acceptors (Lipinski definition) is 5. The number of fused-ring (bicyclic) bond motifs is 1. The van der Waals surface area contributed by atoms with E-state index in [-0.39, 0.29) is 5.91 Å². The maximum atomic E-state index is 11.8. The summed E-state index contributed by atoms with van der Waals surface area (Å²) in [6.45, 7) is 0. The zero-order chi connectivity index (χ0) is 13.4. The van der Waals surface area contributed by atoms with Crippen LogP contribution in [0.15, 0.2) is 30.6 Å². The van der Waals surface area contributed by atoms with Gasteiger partial charge in [-0.25, -0.2) is 4.98 Å². The molecule has 1 amide bonds. The minimum atomic E-state index is -0.500. The normalized spacial score (nSPS) is 17.9. The minimum Gasteiger partial charge on any atom is -0.495 e. The quantitative estimate of drug-likeness (QED) is 0.727. The number of benzene rings is 1. The summed E-state index contributed by atoms with van der Waals surface area (Å²) in [6.07, 6.45) is 1.48. The second-order valence-corrected chi connectivity index (χ2v) is 4.48. The van der Waals surface area contributed by atoms with Gasteiger partial charge in [0.05, 0.1) is 19.1 Å². The number of anilines is 2. The Labute approximate surface area is 115 Å². The predicted molar refractivity (Wildman–Crippen MR) is 74.0 cm³/mol. The van der Waals surface area contributed by atoms with E-state index in [0.717, 1.165) is 5.69 Å². The molecule has 0 spiro atoms. The monoisotopic (exact) mass is 276 g/mol. The highest BCUT2D eigenvalue weighted by molar-refractivity contribution is 7.81. The Bertz CT molecular complexity index is 628. The van der Waals surface area contributed by atoms with Gasteiger partial charge in [0.15, 0.2) is 11.3 Å². The highest BCUT2D eigenvalue weighted by Crippen LogP contribution is 2.37. The number of para-hydroxylation sites is 2. The molecule has 0 saturated heterocycles. The number of thiol groups is 1. The van der Waals surface area contributed by atoms with Gasteiger partial charge in [0.2, 0.25) is 0 Å². The van der Waals surface area contributed by atoms with E-state index >= 15 is 0 Å². The van der Waals surface area contributed by atoms with E-state index < -0.39 is 5.50 Å². The number of imidazole rings is 1. The number of nitrogens with zero attached hydrogens (tertiary/aromatic N) is 2. The van der Waals surface area contributed by atoms with Gasteiger partial charge in [-0.3, -0.25) is 9.69 Å². The van der Waals surface area contributed by atoms with E-state index in [2.05, 4.69) is 27.9 Å². The topological polar surface area (TPSA) is 70.2 Å². The molecule has 1 aliphatic heterocycles. The Morgan fingerprint density at radius 3 is 3.00 bits per heavy atom. The zero-order valence-corrected chi connectivity index (χ0v) is 11.0. The molecule has 2 heterocycles. The van der Waals surface area contributed by atoms with Crippen LogP contribution in [-0.2, 0) is 0 Å². The van der Waals surface area contributed by atoms with E-state index in [1.165, 1.54) is 6.33 Å². The van der Waals surface area contributed by atoms with Gasteiger partial charge in [0, 0.05) is 0 Å². The van der Waals surface area contributed by atoms with Crippen LogP contribution in [0.2, 0.25) is 0 Å². The van der Waals surface area contributed by atoms with Gasteiger partial charge in [-0.15, -0.1) is 12.6 Å². The molecule has 6 nitrogen and oxygen atoms in total. The van der Waals surface area contributed by atoms with Gasteiger partial charge in [0.25, 0.3) is 5.91 Å². The Morgan fingerprint density at radius 2 is 2.21 bits per heavy atom. The van der Waals surface area contributed by atoms with E-state index in [4.69, 9.17) is 4.74 Å². The van der Waals surface area contributed by atoms with Crippen LogP contribution >= 0.6 is 12.6 Å². The summed E-state index contributed by atoms with van der Waals surface area (Å²) in [5, 5.41) is 2.75. The third-order valence-corrected chi connectivity index (χ3v) is 3.28. The van der Waals surface area contributed by atoms with Crippen LogP contribution in [0.4, 0.5) is 11.5 Å². The van der Waals surface area contributed by atoms with Crippen LogP contribution < -0.4 is 15.0 Å². The summed E-state index contributed by atoms with van der Waals surface area (Å²) in [4.78, 5) is 20.6. The largest absolute Gasteiger partial charge is 0.495 e. The van der Waals surface area contributed by atoms with Crippen molar-refractivity contribution in [3.8, 4) is 5.75 Å². The lowest BCUT2D eigenvalue weighted by molar-refractivity contribution is 0.0940. The average molecular weight is 276 g/mol. The first-order chi connectivity index (χ1) is 9.22. The van der Waals surface area contributed by atoms with E-state index in [1.807, 2.05) is 24.3 Å². The van der Waals surface area contributed by atoms with Crippen molar-refractivity contribution in [2.24, 2.45) is 0 Å². The molecule has 1 atom stereocenters. The number of carbonyl (C=O) groups is 1. The van der Waals surface area contributed by atoms with Gasteiger partial charge in [0.1, 0.15) is 11.4 Å². The van der Waals surface area contributed by atoms with Crippen molar-refractivity contribution in [3.63, 3.8) is 0 Å². The number of amides is 1. The number of rotatable bonds is 2. The summed E-state index contributed by atoms with van der Waals surface area (Å²) in [6, 6.07) is 7.50. The smallest absolute Gasteiger partial charge is 0.273 e. The van der Waals surface area contributed by atoms with Crippen molar-refractivity contribution in [1.29, 1.82) is 0 Å². The molecule has 19 heavy (non-hydrogen) atoms. The first-order valence-corrected chi connectivity index (χ1v) is 6.18. The molecule has 1 aliphatic rings. The first-order valence-electron chi connectivity index (χ1n) is 5.67. The standard InChI is InChI=1S/C12H12N4O2S/c1-18-8-5-3-2-4-7(8)16-10-9(13-6-14-10)11(17)15-12(16)19/h2-6,12,19H,1H3,(H,13,14)(H,15,17). The average Bonchev–Trinajstić information content (AvgIpc) is 2.89. The molecule has 3 rings (SSSR count). The second-order valence-electron chi connectivity index (χ2n) is 3.99. The molecule has 7 heteroatoms. The van der Waals surface area contributed by atoms with Crippen LogP contribution in [0.25, 0.3) is 0 Å². The van der Waals surface area contributed by atoms with Crippen molar-refractivity contribution in [2.45, 2.75) is 5.50 Å². The van der Waals surface area contributed by atoms with Gasteiger partial charge < -0.3 is 15.0 Å². The van der Waals surface area contributed by atoms with Crippen molar-refractivity contribution in [3.05, 3.63) is 36.3 Å². The van der Waals surface area contributed by atoms with Crippen molar-refractivity contribution in [2.75, 3.05) is 12.0 Å². The maximum Gasteiger partial charge on any atom is 0.273 e. The SMILES string of the molecule is COc1ccccc1N1c2nc[nH]c2C(=O)NC1S. The van der Waals surface area contributed by atoms with Gasteiger partial charge >= 0.3 is 0 Å². The number of aromatic nitrogens is 2. The molecule has 1 aromatic carbocycles. The maximum absolute atomic E-state index is 11.8. The number of H-pyrrole nitrogens is 1. The lowest BCUT2D eigenvalue weighted by Crippen LogP contribution is -2.47. The highest BCUT2D eigenvalue weighted by Gasteiger charge is 2.33. The summed E-state index contributed by atoms with van der Waals surface area (Å²) in [7, 11) is 1.60. The molecule has 1 aromatic heterocycles. The third-order valence-electron chi connectivity index (χ3n) is 2.92. The molecule has 0 radical (unpaired) electrons. The Morgan fingerprint density at radius 1 is 1.42 bits per heavy atom. The van der Waals surface area contributed by atoms with Gasteiger partial charge in [-0.1, -0.05) is 12.1 Å². The molecule has 0 saturated carbocycles. The van der Waals surface area contributed by atoms with Crippen LogP contribution in [0.1, 0.15) is 10.5 Å². The molecular weight excluding hydrogens is 264 g/mol. The molecule has 0 fully saturated rings. The van der Waals surface area contributed by atoms with E-state index in [0.29, 0.717) is 17.3 Å². The fraction of sp³-hybridized carbons (Fsp3) is 0.167. The third kappa shape index (κ3) is 1.82. The molecule has 0 aliphatic carbocycles. The number of nitrogens with one attached hydrogen (secondary N) is 2. The molecule has 98 valence electrons. The molecule has 2 N–H and O–H groups in total. The minimum absolute atomic E-state index is 0.223. The molecule has 0 bridgehead atoms. The van der Waals surface area contributed by atoms with Crippen LogP contribution in [0.3, 0.4) is 0 Å². The Kier molecular flexibility index (Phi) is 2.83. The fourth-order valence-corrected chi connectivity index (χ4v) is 2.43. The molecular formula is C12H12N4O2S. The van der Waals surface area contributed by atoms with Crippen molar-refractivity contribution >= 4 is 30.0 Å². The van der Waals surface area contributed by atoms with Crippen LogP contribution in [0.5, 0.6) is 5.75 Å². The Hall–Kier alpha value is -2.15. The van der Waals surface area contributed by atoms with Crippen molar-refractivity contribution < 1.29 is 9.53 Å². The summed E-state index contributed by atoms with van der Waals surface area (Å²) in [5.74, 6) is 0.999. The number of ether oxygens (including phenoxy) is 1. The van der Waals surface area contributed by atoms with Crippen LogP contribution in [-0.4, -0.2) is 28.5 Å². The molecule has 2 aromatic rings. The van der Waals surface area contributed by atoms with E-state index in [1.54, 1.807) is 12.0 Å². The number of hydrogen-bond donors (Lipinski definition) is 3. The Balaban J connectivity index is 2.15. The highest BCUT2D eigenvalue weighted by atomic mass is 32.1. The molecule has 1 unspecified atom stereocenters. The summed E-state index contributed by atoms with van der Waals surface area (Å²) < 4.78 is 5.34. The van der Waals surface area contributed by atoms with Crippen molar-refractivity contribution in [1.82, 2.24) is 15.3 Å². The number of carbonyl (C=O) groups excluding carboxylic acids is 1. The first kappa shape index (κ1) is 11.9. The predicted octanol–water partition coefficient (Wildman–Crippen LogP) is 1.51.